The molecule has 1 unspecified atom stereocenters. The van der Waals surface area contributed by atoms with Crippen LogP contribution in [0, 0.1) is 0 Å². The summed E-state index contributed by atoms with van der Waals surface area (Å²) < 4.78 is 5.50. The van der Waals surface area contributed by atoms with Crippen LogP contribution in [0.5, 0.6) is 0 Å². The van der Waals surface area contributed by atoms with Gasteiger partial charge in [-0.15, -0.1) is 12.4 Å². The molecule has 4 N–H and O–H groups in total. The van der Waals surface area contributed by atoms with Crippen molar-refractivity contribution < 1.29 is 9.53 Å². The molecule has 1 fully saturated rings. The van der Waals surface area contributed by atoms with E-state index >= 15 is 0 Å². The molecular formula is C13H20ClN3O2. The molecule has 0 spiro atoms. The van der Waals surface area contributed by atoms with E-state index in [1.165, 1.54) is 0 Å². The molecule has 2 atom stereocenters. The van der Waals surface area contributed by atoms with E-state index in [9.17, 15) is 4.79 Å². The highest BCUT2D eigenvalue weighted by Gasteiger charge is 2.28. The number of anilines is 1. The van der Waals surface area contributed by atoms with Crippen LogP contribution in [0.3, 0.4) is 0 Å². The average molecular weight is 286 g/mol. The Morgan fingerprint density at radius 3 is 2.84 bits per heavy atom. The monoisotopic (exact) mass is 285 g/mol. The van der Waals surface area contributed by atoms with Crippen molar-refractivity contribution >= 4 is 24.0 Å². The van der Waals surface area contributed by atoms with Crippen molar-refractivity contribution in [3.63, 3.8) is 0 Å². The van der Waals surface area contributed by atoms with E-state index in [0.29, 0.717) is 6.54 Å². The van der Waals surface area contributed by atoms with Crippen LogP contribution < -0.4 is 11.5 Å². The quantitative estimate of drug-likeness (QED) is 0.804. The van der Waals surface area contributed by atoms with Crippen LogP contribution >= 0.6 is 12.4 Å². The molecule has 0 aromatic heterocycles. The molecule has 1 aliphatic rings. The van der Waals surface area contributed by atoms with Gasteiger partial charge in [0.05, 0.1) is 6.10 Å². The fourth-order valence-electron chi connectivity index (χ4n) is 2.27. The number of primary amides is 1. The third-order valence-corrected chi connectivity index (χ3v) is 3.01. The first kappa shape index (κ1) is 15.8. The highest BCUT2D eigenvalue weighted by Crippen LogP contribution is 2.15. The van der Waals surface area contributed by atoms with E-state index < -0.39 is 12.0 Å². The van der Waals surface area contributed by atoms with Crippen LogP contribution in [0.15, 0.2) is 24.3 Å². The maximum absolute atomic E-state index is 11.2. The van der Waals surface area contributed by atoms with Crippen LogP contribution in [0.4, 0.5) is 5.69 Å². The number of ether oxygens (including phenoxy) is 1. The van der Waals surface area contributed by atoms with E-state index in [2.05, 4.69) is 4.90 Å². The molecule has 19 heavy (non-hydrogen) atoms. The van der Waals surface area contributed by atoms with Crippen LogP contribution in [-0.2, 0) is 16.1 Å². The van der Waals surface area contributed by atoms with Gasteiger partial charge in [-0.05, 0) is 24.6 Å². The third kappa shape index (κ3) is 4.38. The van der Waals surface area contributed by atoms with Gasteiger partial charge in [0.25, 0.3) is 0 Å². The first-order chi connectivity index (χ1) is 8.54. The van der Waals surface area contributed by atoms with E-state index in [1.54, 1.807) is 0 Å². The molecule has 0 radical (unpaired) electrons. The molecule has 1 saturated heterocycles. The number of morpholine rings is 1. The summed E-state index contributed by atoms with van der Waals surface area (Å²) in [4.78, 5) is 13.4. The van der Waals surface area contributed by atoms with E-state index in [4.69, 9.17) is 16.2 Å². The number of halogens is 1. The number of nitrogen functional groups attached to an aromatic ring is 1. The number of benzene rings is 1. The van der Waals surface area contributed by atoms with Crippen LogP contribution in [-0.4, -0.2) is 36.1 Å². The van der Waals surface area contributed by atoms with Crippen LogP contribution in [0.1, 0.15) is 12.5 Å². The maximum Gasteiger partial charge on any atom is 0.247 e. The summed E-state index contributed by atoms with van der Waals surface area (Å²) in [6.07, 6.45) is -0.507. The number of rotatable bonds is 3. The Labute approximate surface area is 119 Å². The van der Waals surface area contributed by atoms with Crippen LogP contribution in [0.25, 0.3) is 0 Å². The zero-order valence-corrected chi connectivity index (χ0v) is 11.7. The lowest BCUT2D eigenvalue weighted by molar-refractivity contribution is -0.142. The van der Waals surface area contributed by atoms with Crippen molar-refractivity contribution in [3.8, 4) is 0 Å². The summed E-state index contributed by atoms with van der Waals surface area (Å²) in [5, 5.41) is 0. The molecule has 0 bridgehead atoms. The predicted octanol–water partition coefficient (Wildman–Crippen LogP) is 0.765. The standard InChI is InChI=1S/C13H19N3O2.ClH/c1-9-6-16(8-12(18-9)13(15)17)7-10-3-2-4-11(14)5-10;/h2-5,9,12H,6-8,14H2,1H3,(H2,15,17);1H/t9-,12?;/m1./s1. The zero-order chi connectivity index (χ0) is 13.1. The third-order valence-electron chi connectivity index (χ3n) is 3.01. The fraction of sp³-hybridized carbons (Fsp3) is 0.462. The maximum atomic E-state index is 11.2. The normalized spacial score (nSPS) is 23.6. The van der Waals surface area contributed by atoms with Crippen molar-refractivity contribution in [2.75, 3.05) is 18.8 Å². The topological polar surface area (TPSA) is 81.6 Å². The van der Waals surface area contributed by atoms with Crippen molar-refractivity contribution in [1.29, 1.82) is 0 Å². The number of nitrogens with zero attached hydrogens (tertiary/aromatic N) is 1. The highest BCUT2D eigenvalue weighted by molar-refractivity contribution is 5.85. The van der Waals surface area contributed by atoms with E-state index in [-0.39, 0.29) is 18.5 Å². The molecule has 2 rings (SSSR count). The largest absolute Gasteiger partial charge is 0.399 e. The van der Waals surface area contributed by atoms with E-state index in [1.807, 2.05) is 31.2 Å². The lowest BCUT2D eigenvalue weighted by Gasteiger charge is -2.35. The Morgan fingerprint density at radius 1 is 1.47 bits per heavy atom. The second-order valence-corrected chi connectivity index (χ2v) is 4.78. The van der Waals surface area contributed by atoms with Gasteiger partial charge in [0, 0.05) is 25.3 Å². The molecule has 5 nitrogen and oxygen atoms in total. The van der Waals surface area contributed by atoms with Gasteiger partial charge in [0.2, 0.25) is 5.91 Å². The zero-order valence-electron chi connectivity index (χ0n) is 10.9. The number of hydrogen-bond acceptors (Lipinski definition) is 4. The van der Waals surface area contributed by atoms with Gasteiger partial charge in [-0.1, -0.05) is 12.1 Å². The van der Waals surface area contributed by atoms with Gasteiger partial charge in [-0.3, -0.25) is 9.69 Å². The summed E-state index contributed by atoms with van der Waals surface area (Å²) in [5.74, 6) is -0.404. The van der Waals surface area contributed by atoms with Gasteiger partial charge in [0.15, 0.2) is 0 Å². The Morgan fingerprint density at radius 2 is 2.21 bits per heavy atom. The molecule has 6 heteroatoms. The lowest BCUT2D eigenvalue weighted by Crippen LogP contribution is -2.51. The minimum absolute atomic E-state index is 0. The first-order valence-corrected chi connectivity index (χ1v) is 6.06. The number of carbonyl (C=O) groups is 1. The Hall–Kier alpha value is -1.30. The second kappa shape index (κ2) is 6.75. The van der Waals surface area contributed by atoms with Crippen molar-refractivity contribution in [1.82, 2.24) is 4.90 Å². The minimum Gasteiger partial charge on any atom is -0.399 e. The predicted molar refractivity (Wildman–Crippen MR) is 76.9 cm³/mol. The highest BCUT2D eigenvalue weighted by atomic mass is 35.5. The van der Waals surface area contributed by atoms with Gasteiger partial charge < -0.3 is 16.2 Å². The van der Waals surface area contributed by atoms with Crippen molar-refractivity contribution in [2.45, 2.75) is 25.7 Å². The number of carbonyl (C=O) groups excluding carboxylic acids is 1. The second-order valence-electron chi connectivity index (χ2n) is 4.78. The molecule has 0 saturated carbocycles. The van der Waals surface area contributed by atoms with Gasteiger partial charge in [-0.2, -0.15) is 0 Å². The molecule has 1 amide bonds. The molecule has 1 aliphatic heterocycles. The first-order valence-electron chi connectivity index (χ1n) is 6.06. The van der Waals surface area contributed by atoms with E-state index in [0.717, 1.165) is 24.3 Å². The summed E-state index contributed by atoms with van der Waals surface area (Å²) in [5.41, 5.74) is 12.9. The average Bonchev–Trinajstić information content (AvgIpc) is 2.28. The smallest absolute Gasteiger partial charge is 0.247 e. The van der Waals surface area contributed by atoms with Crippen molar-refractivity contribution in [2.24, 2.45) is 5.73 Å². The fourth-order valence-corrected chi connectivity index (χ4v) is 2.27. The number of hydrogen-bond donors (Lipinski definition) is 2. The summed E-state index contributed by atoms with van der Waals surface area (Å²) in [6, 6.07) is 7.76. The number of amides is 1. The Bertz CT molecular complexity index is 442. The molecule has 1 aromatic rings. The SMILES string of the molecule is C[C@@H]1CN(Cc2cccc(N)c2)CC(C(N)=O)O1.Cl. The Balaban J connectivity index is 0.00000180. The molecule has 0 aliphatic carbocycles. The molecule has 106 valence electrons. The lowest BCUT2D eigenvalue weighted by atomic mass is 10.1. The summed E-state index contributed by atoms with van der Waals surface area (Å²) in [7, 11) is 0. The Kier molecular flexibility index (Phi) is 5.60. The summed E-state index contributed by atoms with van der Waals surface area (Å²) >= 11 is 0. The molecular weight excluding hydrogens is 266 g/mol. The molecule has 1 heterocycles. The van der Waals surface area contributed by atoms with Gasteiger partial charge >= 0.3 is 0 Å². The minimum atomic E-state index is -0.519. The van der Waals surface area contributed by atoms with Crippen molar-refractivity contribution in [3.05, 3.63) is 29.8 Å². The summed E-state index contributed by atoms with van der Waals surface area (Å²) in [6.45, 7) is 4.02. The van der Waals surface area contributed by atoms with Gasteiger partial charge in [0.1, 0.15) is 6.10 Å². The molecule has 1 aromatic carbocycles. The van der Waals surface area contributed by atoms with Crippen LogP contribution in [0.2, 0.25) is 0 Å². The van der Waals surface area contributed by atoms with Gasteiger partial charge in [-0.25, -0.2) is 0 Å². The number of nitrogens with two attached hydrogens (primary N) is 2.